The third-order valence-electron chi connectivity index (χ3n) is 4.75. The highest BCUT2D eigenvalue weighted by Crippen LogP contribution is 2.42. The smallest absolute Gasteiger partial charge is 0.316 e. The maximum absolute atomic E-state index is 12.6. The molecule has 0 radical (unpaired) electrons. The van der Waals surface area contributed by atoms with Gasteiger partial charge in [0.15, 0.2) is 5.16 Å². The predicted octanol–water partition coefficient (Wildman–Crippen LogP) is 3.79. The molecular formula is C18H24N2O3S2. The number of aromatic nitrogens is 2. The number of H-pyrrole nitrogens is 1. The van der Waals surface area contributed by atoms with Crippen LogP contribution < -0.4 is 5.56 Å². The average Bonchev–Trinajstić information content (AvgIpc) is 2.90. The number of aryl methyl sites for hydroxylation is 1. The molecule has 0 amide bonds. The largest absolute Gasteiger partial charge is 0.465 e. The lowest BCUT2D eigenvalue weighted by molar-refractivity contribution is -0.139. The second kappa shape index (κ2) is 7.11. The molecule has 7 heteroatoms. The van der Waals surface area contributed by atoms with Gasteiger partial charge in [0.05, 0.1) is 17.7 Å². The summed E-state index contributed by atoms with van der Waals surface area (Å²) in [6.45, 7) is 8.98. The van der Waals surface area contributed by atoms with Crippen LogP contribution in [-0.4, -0.2) is 28.3 Å². The molecular weight excluding hydrogens is 356 g/mol. The van der Waals surface area contributed by atoms with Crippen LogP contribution in [0.25, 0.3) is 10.2 Å². The van der Waals surface area contributed by atoms with E-state index >= 15 is 0 Å². The highest BCUT2D eigenvalue weighted by Gasteiger charge is 2.31. The molecule has 0 unspecified atom stereocenters. The van der Waals surface area contributed by atoms with Crippen LogP contribution in [0.4, 0.5) is 0 Å². The number of fused-ring (bicyclic) bond motifs is 3. The van der Waals surface area contributed by atoms with Crippen LogP contribution in [0.5, 0.6) is 0 Å². The van der Waals surface area contributed by atoms with Crippen molar-refractivity contribution in [2.24, 2.45) is 11.3 Å². The first-order valence-electron chi connectivity index (χ1n) is 8.62. The van der Waals surface area contributed by atoms with Gasteiger partial charge in [-0.25, -0.2) is 4.98 Å². The summed E-state index contributed by atoms with van der Waals surface area (Å²) in [6, 6.07) is 0. The Labute approximate surface area is 155 Å². The Bertz CT molecular complexity index is 848. The normalized spacial score (nSPS) is 17.5. The molecule has 2 aromatic heterocycles. The molecule has 0 aromatic carbocycles. The number of nitrogens with one attached hydrogen (secondary N) is 1. The van der Waals surface area contributed by atoms with Crippen LogP contribution >= 0.6 is 23.1 Å². The first-order chi connectivity index (χ1) is 11.8. The summed E-state index contributed by atoms with van der Waals surface area (Å²) in [4.78, 5) is 33.5. The molecule has 136 valence electrons. The van der Waals surface area contributed by atoms with Gasteiger partial charge in [-0.1, -0.05) is 32.5 Å². The lowest BCUT2D eigenvalue weighted by Gasteiger charge is -2.33. The minimum absolute atomic E-state index is 0.0944. The maximum Gasteiger partial charge on any atom is 0.316 e. The molecule has 0 spiro atoms. The van der Waals surface area contributed by atoms with Gasteiger partial charge in [-0.15, -0.1) is 11.3 Å². The average molecular weight is 381 g/mol. The minimum atomic E-state index is -0.297. The number of thioether (sulfide) groups is 1. The van der Waals surface area contributed by atoms with E-state index in [2.05, 4.69) is 30.7 Å². The second-order valence-electron chi connectivity index (χ2n) is 7.45. The Balaban J connectivity index is 1.88. The van der Waals surface area contributed by atoms with E-state index in [1.807, 2.05) is 0 Å². The molecule has 0 bridgehead atoms. The number of hydrogen-bond acceptors (Lipinski definition) is 6. The number of hydrogen-bond donors (Lipinski definition) is 1. The van der Waals surface area contributed by atoms with Gasteiger partial charge in [0.1, 0.15) is 4.83 Å². The first-order valence-corrected chi connectivity index (χ1v) is 10.4. The molecule has 1 aliphatic carbocycles. The first kappa shape index (κ1) is 18.5. The number of rotatable bonds is 4. The molecule has 0 saturated carbocycles. The van der Waals surface area contributed by atoms with Crippen molar-refractivity contribution in [2.45, 2.75) is 52.1 Å². The van der Waals surface area contributed by atoms with E-state index in [4.69, 9.17) is 4.74 Å². The Morgan fingerprint density at radius 1 is 1.44 bits per heavy atom. The van der Waals surface area contributed by atoms with Crippen molar-refractivity contribution in [3.63, 3.8) is 0 Å². The van der Waals surface area contributed by atoms with Crippen molar-refractivity contribution in [2.75, 3.05) is 12.4 Å². The lowest BCUT2D eigenvalue weighted by atomic mass is 9.72. The molecule has 2 heterocycles. The third-order valence-corrected chi connectivity index (χ3v) is 6.75. The zero-order chi connectivity index (χ0) is 18.2. The van der Waals surface area contributed by atoms with Crippen molar-refractivity contribution in [3.8, 4) is 0 Å². The highest BCUT2D eigenvalue weighted by molar-refractivity contribution is 7.99. The van der Waals surface area contributed by atoms with E-state index in [0.717, 1.165) is 29.5 Å². The quantitative estimate of drug-likeness (QED) is 0.496. The van der Waals surface area contributed by atoms with E-state index in [0.29, 0.717) is 17.7 Å². The van der Waals surface area contributed by atoms with Crippen LogP contribution in [0, 0.1) is 11.3 Å². The molecule has 5 nitrogen and oxygen atoms in total. The van der Waals surface area contributed by atoms with E-state index in [1.165, 1.54) is 22.2 Å². The Morgan fingerprint density at radius 3 is 2.88 bits per heavy atom. The molecule has 1 N–H and O–H groups in total. The fourth-order valence-electron chi connectivity index (χ4n) is 3.30. The third kappa shape index (κ3) is 3.92. The molecule has 0 saturated heterocycles. The number of carbonyl (C=O) groups excluding carboxylic acids is 1. The Hall–Kier alpha value is -1.34. The standard InChI is InChI=1S/C18H24N2O3S2/c1-5-23-13(21)9-24-17-19-15(22)14-11-7-6-10(18(2,3)4)8-12(11)25-16(14)20-17/h10H,5-9H2,1-4H3,(H,19,20,22)/t10-/m0/s1. The Morgan fingerprint density at radius 2 is 2.20 bits per heavy atom. The summed E-state index contributed by atoms with van der Waals surface area (Å²) in [5.41, 5.74) is 1.35. The summed E-state index contributed by atoms with van der Waals surface area (Å²) in [7, 11) is 0. The van der Waals surface area contributed by atoms with Crippen molar-refractivity contribution < 1.29 is 9.53 Å². The minimum Gasteiger partial charge on any atom is -0.465 e. The van der Waals surface area contributed by atoms with Gasteiger partial charge < -0.3 is 9.72 Å². The monoisotopic (exact) mass is 380 g/mol. The summed E-state index contributed by atoms with van der Waals surface area (Å²) in [6.07, 6.45) is 3.07. The molecule has 3 rings (SSSR count). The summed E-state index contributed by atoms with van der Waals surface area (Å²) < 4.78 is 4.91. The topological polar surface area (TPSA) is 72.0 Å². The molecule has 25 heavy (non-hydrogen) atoms. The van der Waals surface area contributed by atoms with E-state index in [1.54, 1.807) is 18.3 Å². The van der Waals surface area contributed by atoms with Gasteiger partial charge in [-0.3, -0.25) is 9.59 Å². The van der Waals surface area contributed by atoms with Gasteiger partial charge in [0, 0.05) is 4.88 Å². The fraction of sp³-hybridized carbons (Fsp3) is 0.611. The number of esters is 1. The Kier molecular flexibility index (Phi) is 5.25. The van der Waals surface area contributed by atoms with Crippen molar-refractivity contribution >= 4 is 39.3 Å². The van der Waals surface area contributed by atoms with Gasteiger partial charge in [0.2, 0.25) is 0 Å². The van der Waals surface area contributed by atoms with Crippen LogP contribution in [-0.2, 0) is 22.4 Å². The number of aromatic amines is 1. The predicted molar refractivity (Wildman–Crippen MR) is 103 cm³/mol. The number of thiophene rings is 1. The van der Waals surface area contributed by atoms with Gasteiger partial charge >= 0.3 is 5.97 Å². The molecule has 0 fully saturated rings. The van der Waals surface area contributed by atoms with Crippen LogP contribution in [0.1, 0.15) is 44.6 Å². The summed E-state index contributed by atoms with van der Waals surface area (Å²) in [5, 5.41) is 1.23. The van der Waals surface area contributed by atoms with Crippen molar-refractivity contribution in [1.82, 2.24) is 9.97 Å². The van der Waals surface area contributed by atoms with E-state index in [9.17, 15) is 9.59 Å². The summed E-state index contributed by atoms with van der Waals surface area (Å²) in [5.74, 6) is 0.484. The number of carbonyl (C=O) groups is 1. The number of ether oxygens (including phenoxy) is 1. The molecule has 0 aliphatic heterocycles. The number of nitrogens with zero attached hydrogens (tertiary/aromatic N) is 1. The maximum atomic E-state index is 12.6. The molecule has 2 aromatic rings. The SMILES string of the molecule is CCOC(=O)CSc1nc2sc3c(c2c(=O)[nH]1)CC[C@H](C(C)(C)C)C3. The van der Waals surface area contributed by atoms with Gasteiger partial charge in [-0.05, 0) is 43.1 Å². The van der Waals surface area contributed by atoms with Crippen LogP contribution in [0.15, 0.2) is 9.95 Å². The lowest BCUT2D eigenvalue weighted by Crippen LogP contribution is -2.26. The van der Waals surface area contributed by atoms with E-state index in [-0.39, 0.29) is 22.7 Å². The zero-order valence-electron chi connectivity index (χ0n) is 15.1. The van der Waals surface area contributed by atoms with Gasteiger partial charge in [0.25, 0.3) is 5.56 Å². The van der Waals surface area contributed by atoms with Crippen LogP contribution in [0.2, 0.25) is 0 Å². The zero-order valence-corrected chi connectivity index (χ0v) is 16.7. The fourth-order valence-corrected chi connectivity index (χ4v) is 5.32. The van der Waals surface area contributed by atoms with E-state index < -0.39 is 0 Å². The van der Waals surface area contributed by atoms with Crippen LogP contribution in [0.3, 0.4) is 0 Å². The second-order valence-corrected chi connectivity index (χ2v) is 9.50. The summed E-state index contributed by atoms with van der Waals surface area (Å²) >= 11 is 2.85. The molecule has 1 atom stereocenters. The highest BCUT2D eigenvalue weighted by atomic mass is 32.2. The molecule has 1 aliphatic rings. The van der Waals surface area contributed by atoms with Gasteiger partial charge in [-0.2, -0.15) is 0 Å². The van der Waals surface area contributed by atoms with Crippen molar-refractivity contribution in [1.29, 1.82) is 0 Å². The van der Waals surface area contributed by atoms with Crippen molar-refractivity contribution in [3.05, 3.63) is 20.8 Å².